The molecule has 0 aromatic heterocycles. The Morgan fingerprint density at radius 3 is 1.20 bits per heavy atom. The molecule has 0 unspecified atom stereocenters. The Kier molecular flexibility index (Phi) is 11.7. The van der Waals surface area contributed by atoms with E-state index in [2.05, 4.69) is 75.6 Å². The van der Waals surface area contributed by atoms with E-state index in [1.54, 1.807) is 0 Å². The predicted octanol–water partition coefficient (Wildman–Crippen LogP) is 6.21. The van der Waals surface area contributed by atoms with Crippen molar-refractivity contribution >= 4 is 27.2 Å². The fourth-order valence-corrected chi connectivity index (χ4v) is 1.44. The molecule has 0 bridgehead atoms. The van der Waals surface area contributed by atoms with Gasteiger partial charge in [0.15, 0.2) is 0 Å². The molecule has 20 heavy (non-hydrogen) atoms. The van der Waals surface area contributed by atoms with Gasteiger partial charge in [-0.15, -0.1) is 0 Å². The standard InChI is InChI=1S/2C7H9.C2H6Ge.2ClH.Hf/c2*1-6-3-4-7(2)5-6;1-3-2;;;/h2*3-5H,1-2H3;1-2H3;2*1H;/q2*-1;;;;+2/p-2. The van der Waals surface area contributed by atoms with Crippen molar-refractivity contribution in [2.24, 2.45) is 0 Å². The van der Waals surface area contributed by atoms with E-state index in [1.165, 1.54) is 22.3 Å². The van der Waals surface area contributed by atoms with Gasteiger partial charge in [0.05, 0.1) is 0 Å². The van der Waals surface area contributed by atoms with Crippen LogP contribution in [0.4, 0.5) is 0 Å². The second kappa shape index (κ2) is 11.3. The monoisotopic (exact) mass is 540 g/mol. The van der Waals surface area contributed by atoms with Crippen molar-refractivity contribution < 1.29 is 16.0 Å². The van der Waals surface area contributed by atoms with Crippen molar-refractivity contribution in [1.82, 2.24) is 0 Å². The molecule has 0 aliphatic heterocycles. The zero-order valence-electron chi connectivity index (χ0n) is 13.2. The molecule has 0 fully saturated rings. The predicted molar refractivity (Wildman–Crippen MR) is 92.2 cm³/mol. The summed E-state index contributed by atoms with van der Waals surface area (Å²) in [6.07, 6.45) is 0. The van der Waals surface area contributed by atoms with Crippen LogP contribution < -0.4 is 0 Å². The van der Waals surface area contributed by atoms with Gasteiger partial charge in [0.25, 0.3) is 0 Å². The molecule has 2 rings (SSSR count). The first-order valence-corrected chi connectivity index (χ1v) is 30.1. The first-order valence-electron chi connectivity index (χ1n) is 6.60. The van der Waals surface area contributed by atoms with E-state index in [-0.39, 0.29) is 0 Å². The molecule has 2 aromatic rings. The molecule has 0 nitrogen and oxygen atoms in total. The molecule has 0 N–H and O–H groups in total. The Hall–Kier alpha value is 0.693. The molecule has 0 spiro atoms. The summed E-state index contributed by atoms with van der Waals surface area (Å²) in [6, 6.07) is 12.8. The van der Waals surface area contributed by atoms with Crippen LogP contribution in [-0.2, 0) is 16.0 Å². The van der Waals surface area contributed by atoms with Crippen LogP contribution in [0.2, 0.25) is 11.5 Å². The Labute approximate surface area is 140 Å². The normalized spacial score (nSPS) is 9.00. The number of hydrogen-bond acceptors (Lipinski definition) is 0. The molecule has 0 saturated heterocycles. The van der Waals surface area contributed by atoms with Crippen LogP contribution >= 0.6 is 17.2 Å². The van der Waals surface area contributed by atoms with Gasteiger partial charge in [0, 0.05) is 0 Å². The Morgan fingerprint density at radius 1 is 0.850 bits per heavy atom. The van der Waals surface area contributed by atoms with Gasteiger partial charge < -0.3 is 0 Å². The molecular formula is C16H24Cl2GeHf-2. The maximum atomic E-state index is 5.67. The van der Waals surface area contributed by atoms with Gasteiger partial charge in [-0.1, -0.05) is 27.7 Å². The minimum absolute atomic E-state index is 0.719. The second-order valence-corrected chi connectivity index (χ2v) is 57.2. The number of hydrogen-bond donors (Lipinski definition) is 0. The van der Waals surface area contributed by atoms with Gasteiger partial charge in [0.1, 0.15) is 0 Å². The SMILES string of the molecule is Cc1c[cH-]c(C)c1.Cc1c[cH-]c(C)c1.[CH3][Ge]([CH3])=[Hf]([Cl])[Cl]. The van der Waals surface area contributed by atoms with Crippen LogP contribution in [0.5, 0.6) is 0 Å². The molecular weight excluding hydrogens is 514 g/mol. The van der Waals surface area contributed by atoms with Crippen LogP contribution in [-0.4, -0.2) is 10.1 Å². The average Bonchev–Trinajstić information content (AvgIpc) is 2.89. The van der Waals surface area contributed by atoms with Crippen molar-refractivity contribution in [2.45, 2.75) is 39.2 Å². The first-order chi connectivity index (χ1) is 9.22. The fraction of sp³-hybridized carbons (Fsp3) is 0.375. The van der Waals surface area contributed by atoms with Gasteiger partial charge in [-0.25, -0.2) is 23.3 Å². The van der Waals surface area contributed by atoms with E-state index in [0.717, 1.165) is 0 Å². The summed E-state index contributed by atoms with van der Waals surface area (Å²) in [6.45, 7) is 8.42. The van der Waals surface area contributed by atoms with Gasteiger partial charge in [0.2, 0.25) is 0 Å². The molecule has 0 atom stereocenters. The maximum absolute atomic E-state index is 5.67. The summed E-state index contributed by atoms with van der Waals surface area (Å²) < 4.78 is 0. The van der Waals surface area contributed by atoms with E-state index in [1.807, 2.05) is 0 Å². The van der Waals surface area contributed by atoms with Crippen molar-refractivity contribution in [2.75, 3.05) is 0 Å². The molecule has 4 heteroatoms. The number of rotatable bonds is 0. The molecule has 2 aromatic carbocycles. The third-order valence-corrected chi connectivity index (χ3v) is 50.4. The Bertz CT molecular complexity index is 449. The van der Waals surface area contributed by atoms with Crippen molar-refractivity contribution in [1.29, 1.82) is 0 Å². The molecule has 0 heterocycles. The van der Waals surface area contributed by atoms with E-state index in [0.29, 0.717) is 0 Å². The topological polar surface area (TPSA) is 0 Å². The van der Waals surface area contributed by atoms with Crippen LogP contribution in [0, 0.1) is 27.7 Å². The summed E-state index contributed by atoms with van der Waals surface area (Å²) in [5, 5.41) is 0. The fourth-order valence-electron chi connectivity index (χ4n) is 1.44. The summed E-state index contributed by atoms with van der Waals surface area (Å²) in [4.78, 5) is 0. The van der Waals surface area contributed by atoms with Gasteiger partial charge in [-0.05, 0) is 0 Å². The molecule has 0 saturated carbocycles. The summed E-state index contributed by atoms with van der Waals surface area (Å²) in [7, 11) is 10.6. The summed E-state index contributed by atoms with van der Waals surface area (Å²) in [5.74, 6) is 4.48. The summed E-state index contributed by atoms with van der Waals surface area (Å²) >= 11 is -1.72. The zero-order chi connectivity index (χ0) is 15.7. The van der Waals surface area contributed by atoms with E-state index in [9.17, 15) is 0 Å². The third-order valence-electron chi connectivity index (χ3n) is 2.51. The first kappa shape index (κ1) is 20.7. The average molecular weight is 538 g/mol. The Balaban J connectivity index is 0.000000272. The van der Waals surface area contributed by atoms with E-state index >= 15 is 0 Å². The van der Waals surface area contributed by atoms with Crippen LogP contribution in [0.3, 0.4) is 0 Å². The quantitative estimate of drug-likeness (QED) is 0.277. The molecule has 0 radical (unpaired) electrons. The van der Waals surface area contributed by atoms with Crippen LogP contribution in [0.15, 0.2) is 36.4 Å². The minimum atomic E-state index is -1.72. The molecule has 112 valence electrons. The van der Waals surface area contributed by atoms with E-state index in [4.69, 9.17) is 17.2 Å². The molecule has 0 amide bonds. The van der Waals surface area contributed by atoms with Crippen molar-refractivity contribution in [3.05, 3.63) is 58.7 Å². The number of aryl methyl sites for hydroxylation is 4. The number of halogens is 2. The molecule has 0 aliphatic rings. The second-order valence-electron chi connectivity index (χ2n) is 5.19. The van der Waals surface area contributed by atoms with Crippen molar-refractivity contribution in [3.63, 3.8) is 0 Å². The summed E-state index contributed by atoms with van der Waals surface area (Å²) in [5.41, 5.74) is 5.44. The van der Waals surface area contributed by atoms with Gasteiger partial charge >= 0.3 is 54.7 Å². The van der Waals surface area contributed by atoms with E-state index < -0.39 is 26.0 Å². The zero-order valence-corrected chi connectivity index (χ0v) is 20.4. The Morgan fingerprint density at radius 2 is 1.15 bits per heavy atom. The molecule has 0 aliphatic carbocycles. The van der Waals surface area contributed by atoms with Gasteiger partial charge in [-0.2, -0.15) is 35.4 Å². The van der Waals surface area contributed by atoms with Gasteiger partial charge in [-0.3, -0.25) is 0 Å². The van der Waals surface area contributed by atoms with Crippen LogP contribution in [0.25, 0.3) is 0 Å². The third kappa shape index (κ3) is 11.4. The van der Waals surface area contributed by atoms with Crippen LogP contribution in [0.1, 0.15) is 22.3 Å². The van der Waals surface area contributed by atoms with Crippen molar-refractivity contribution in [3.8, 4) is 0 Å².